The second kappa shape index (κ2) is 47.7. The number of aliphatic hydroxyl groups is 8. The van der Waals surface area contributed by atoms with Gasteiger partial charge < -0.3 is 108 Å². The lowest BCUT2D eigenvalue weighted by Gasteiger charge is -2.32. The minimum Gasteiger partial charge on any atom is -0.507 e. The lowest BCUT2D eigenvalue weighted by Crippen LogP contribution is -2.18. The highest BCUT2D eigenvalue weighted by molar-refractivity contribution is 6.08. The van der Waals surface area contributed by atoms with E-state index in [0.717, 1.165) is 103 Å². The zero-order valence-electron chi connectivity index (χ0n) is 78.2. The molecule has 0 bridgehead atoms. The van der Waals surface area contributed by atoms with Gasteiger partial charge in [-0.3, -0.25) is 0 Å². The molecular formula is C108H134N2O20. The molecule has 0 spiro atoms. The molecule has 0 radical (unpaired) electrons. The molecule has 10 aromatic carbocycles. The number of anilines is 6. The number of phenolic OH excluding ortho intramolecular Hbond substituents is 2. The first-order chi connectivity index (χ1) is 63.2. The molecule has 0 aromatic heterocycles. The highest BCUT2D eigenvalue weighted by Gasteiger charge is 2.37. The van der Waals surface area contributed by atoms with Gasteiger partial charge >= 0.3 is 0 Å². The number of hydrogen-bond donors (Lipinski definition) is 10. The Balaban J connectivity index is 1.11. The van der Waals surface area contributed by atoms with E-state index in [1.807, 2.05) is 82.6 Å². The van der Waals surface area contributed by atoms with E-state index >= 15 is 0 Å². The van der Waals surface area contributed by atoms with E-state index in [9.17, 15) is 51.1 Å². The van der Waals surface area contributed by atoms with Crippen molar-refractivity contribution in [1.29, 1.82) is 0 Å². The summed E-state index contributed by atoms with van der Waals surface area (Å²) in [5, 5.41) is 116. The van der Waals surface area contributed by atoms with Crippen LogP contribution < -0.4 is 57.2 Å². The fraction of sp³-hybridized carbons (Fsp3) is 0.407. The van der Waals surface area contributed by atoms with Gasteiger partial charge in [0.05, 0.1) is 154 Å². The summed E-state index contributed by atoms with van der Waals surface area (Å²) in [5.41, 5.74) is 11.0. The average Bonchev–Trinajstić information content (AvgIpc) is 0.729. The third kappa shape index (κ3) is 22.4. The van der Waals surface area contributed by atoms with Gasteiger partial charge in [0.25, 0.3) is 0 Å². The molecule has 11 rings (SSSR count). The van der Waals surface area contributed by atoms with Gasteiger partial charge in [-0.15, -0.1) is 0 Å². The number of unbranched alkanes of at least 4 members (excludes halogenated alkanes) is 4. The van der Waals surface area contributed by atoms with Gasteiger partial charge in [-0.25, -0.2) is 0 Å². The molecule has 0 saturated heterocycles. The highest BCUT2D eigenvalue weighted by Crippen LogP contribution is 2.56. The van der Waals surface area contributed by atoms with Crippen LogP contribution in [0.15, 0.2) is 169 Å². The van der Waals surface area contributed by atoms with E-state index in [1.54, 1.807) is 128 Å². The van der Waals surface area contributed by atoms with E-state index in [-0.39, 0.29) is 97.1 Å². The van der Waals surface area contributed by atoms with Gasteiger partial charge in [0, 0.05) is 57.6 Å². The molecule has 4 atom stereocenters. The number of rotatable bonds is 52. The molecule has 10 N–H and O–H groups in total. The monoisotopic (exact) mass is 1780 g/mol. The minimum absolute atomic E-state index is 0.0559. The number of aromatic hydroxyl groups is 2. The Labute approximate surface area is 767 Å². The predicted octanol–water partition coefficient (Wildman–Crippen LogP) is 24.3. The first-order valence-electron chi connectivity index (χ1n) is 46.0. The third-order valence-corrected chi connectivity index (χ3v) is 25.2. The third-order valence-electron chi connectivity index (χ3n) is 25.2. The van der Waals surface area contributed by atoms with Gasteiger partial charge in [-0.05, 0) is 202 Å². The van der Waals surface area contributed by atoms with Crippen LogP contribution in [0.25, 0.3) is 55.7 Å². The van der Waals surface area contributed by atoms with E-state index < -0.39 is 11.5 Å². The second-order valence-corrected chi connectivity index (χ2v) is 33.5. The SMILES string of the molecule is CCCCC(CC)COc1cc(-c2c(CO)cc(CO)cc2OC)ccc1N(c1ccc(C2=C(O)C(c3ccc(N(c4ccc(-c5c(CO)cc(OC)cc5OC)cc4OCC(CC)CCCC)c4ccc(-c5c(CO)cc(OC)cc5OC)cc4OCC(CC)CCCC)cc3O)=C2O)c(O)c1)c1ccc(-c2c(CO)cc(CO)cc2OC)cc1OCC(CC)CCCC. The maximum Gasteiger partial charge on any atom is 0.143 e. The summed E-state index contributed by atoms with van der Waals surface area (Å²) in [5.74, 6) is 3.53. The number of benzene rings is 10. The molecule has 22 heteroatoms. The lowest BCUT2D eigenvalue weighted by atomic mass is 9.83. The van der Waals surface area contributed by atoms with Crippen molar-refractivity contribution in [2.75, 3.05) is 78.9 Å². The van der Waals surface area contributed by atoms with Crippen molar-refractivity contribution in [3.8, 4) is 114 Å². The normalized spacial score (nSPS) is 12.9. The van der Waals surface area contributed by atoms with Crippen molar-refractivity contribution >= 4 is 45.3 Å². The quantitative estimate of drug-likeness (QED) is 0.0169. The summed E-state index contributed by atoms with van der Waals surface area (Å²) >= 11 is 0. The van der Waals surface area contributed by atoms with E-state index in [4.69, 9.17) is 47.4 Å². The Kier molecular flexibility index (Phi) is 36.3. The molecule has 0 fully saturated rings. The molecule has 0 saturated carbocycles. The summed E-state index contributed by atoms with van der Waals surface area (Å²) in [6.07, 6.45) is 14.9. The van der Waals surface area contributed by atoms with Gasteiger partial charge in [0.15, 0.2) is 0 Å². The summed E-state index contributed by atoms with van der Waals surface area (Å²) in [6, 6.07) is 46.9. The van der Waals surface area contributed by atoms with Crippen molar-refractivity contribution < 1.29 is 98.4 Å². The van der Waals surface area contributed by atoms with Crippen molar-refractivity contribution in [1.82, 2.24) is 0 Å². The topological polar surface area (TPSA) is 301 Å². The van der Waals surface area contributed by atoms with Crippen molar-refractivity contribution in [2.24, 2.45) is 23.7 Å². The molecule has 0 amide bonds. The van der Waals surface area contributed by atoms with Crippen LogP contribution >= 0.6 is 0 Å². The number of allylic oxidation sites excluding steroid dienone is 2. The van der Waals surface area contributed by atoms with E-state index in [0.29, 0.717) is 196 Å². The maximum atomic E-state index is 13.0. The smallest absolute Gasteiger partial charge is 0.143 e. The van der Waals surface area contributed by atoms with Gasteiger partial charge in [-0.1, -0.05) is 169 Å². The zero-order valence-corrected chi connectivity index (χ0v) is 78.2. The minimum atomic E-state index is -0.418. The summed E-state index contributed by atoms with van der Waals surface area (Å²) in [6.45, 7) is 16.5. The summed E-state index contributed by atoms with van der Waals surface area (Å²) < 4.78 is 64.2. The largest absolute Gasteiger partial charge is 0.507 e. The zero-order chi connectivity index (χ0) is 93.2. The summed E-state index contributed by atoms with van der Waals surface area (Å²) in [7, 11) is 9.33. The van der Waals surface area contributed by atoms with Gasteiger partial charge in [0.2, 0.25) is 0 Å². The number of ether oxygens (including phenoxy) is 10. The number of hydrogen-bond acceptors (Lipinski definition) is 22. The van der Waals surface area contributed by atoms with Crippen LogP contribution in [0.1, 0.15) is 203 Å². The molecule has 22 nitrogen and oxygen atoms in total. The number of methoxy groups -OCH3 is 6. The van der Waals surface area contributed by atoms with Gasteiger partial charge in [0.1, 0.15) is 80.5 Å². The fourth-order valence-corrected chi connectivity index (χ4v) is 17.4. The van der Waals surface area contributed by atoms with Crippen molar-refractivity contribution in [3.05, 3.63) is 214 Å². The highest BCUT2D eigenvalue weighted by atomic mass is 16.5. The van der Waals surface area contributed by atoms with Gasteiger partial charge in [-0.2, -0.15) is 0 Å². The Bertz CT molecular complexity index is 4810. The van der Waals surface area contributed by atoms with Crippen molar-refractivity contribution in [3.63, 3.8) is 0 Å². The molecule has 1 aliphatic carbocycles. The van der Waals surface area contributed by atoms with Crippen LogP contribution in [0.5, 0.6) is 69.0 Å². The molecule has 696 valence electrons. The fourth-order valence-electron chi connectivity index (χ4n) is 17.4. The van der Waals surface area contributed by atoms with Crippen LogP contribution in [0.2, 0.25) is 0 Å². The Morgan fingerprint density at radius 2 is 0.546 bits per heavy atom. The maximum absolute atomic E-state index is 13.0. The van der Waals surface area contributed by atoms with Crippen molar-refractivity contribution in [2.45, 2.75) is 198 Å². The van der Waals surface area contributed by atoms with Crippen LogP contribution in [0, 0.1) is 23.7 Å². The predicted molar refractivity (Wildman–Crippen MR) is 516 cm³/mol. The molecule has 4 unspecified atom stereocenters. The average molecular weight is 1780 g/mol. The molecule has 10 aromatic rings. The molecule has 130 heavy (non-hydrogen) atoms. The summed E-state index contributed by atoms with van der Waals surface area (Å²) in [4.78, 5) is 3.87. The molecular weight excluding hydrogens is 1650 g/mol. The van der Waals surface area contributed by atoms with Crippen LogP contribution in [-0.2, 0) is 39.6 Å². The van der Waals surface area contributed by atoms with E-state index in [1.165, 1.54) is 0 Å². The number of nitrogens with zero attached hydrogens (tertiary/aromatic N) is 2. The lowest BCUT2D eigenvalue weighted by molar-refractivity contribution is 0.232. The molecule has 0 heterocycles. The Hall–Kier alpha value is -11.8. The molecule has 0 aliphatic heterocycles. The standard InChI is InChI=1S/C108H134N2O20/c1-15-23-27-67(19-5)63-127-93-49-73(101-77(59-113)43-71(57-111)45-97(101)123-11)31-39-87(93)109(88-40-32-74(50-94(88)128-64-68(20-6)28-24-16-2)102-78(60-114)44-72(58-112)46-98(102)124-12)81-35-37-85(91(117)53-81)105-107(119)106(108(105)120)86-38-36-82(54-92(86)118)110(89-41-33-75(51-95(89)129-65-69(21-7)29-25-17-3)103-79(61-115)47-83(121-9)55-99(103)125-13)90-42-34-76(52-96(90)130-66-70(22-8)30-26-18-4)104-80(62-116)48-84(122-10)56-100(104)126-14/h31-56,67-70,111-120H,15-30,57-66H2,1-14H3. The Morgan fingerprint density at radius 1 is 0.277 bits per heavy atom. The first kappa shape index (κ1) is 98.8. The van der Waals surface area contributed by atoms with Crippen LogP contribution in [0.3, 0.4) is 0 Å². The van der Waals surface area contributed by atoms with E-state index in [2.05, 4.69) is 55.4 Å². The Morgan fingerprint density at radius 3 is 0.777 bits per heavy atom. The van der Waals surface area contributed by atoms with Crippen LogP contribution in [-0.4, -0.2) is 120 Å². The number of aliphatic hydroxyl groups excluding tert-OH is 8. The van der Waals surface area contributed by atoms with Crippen LogP contribution in [0.4, 0.5) is 34.1 Å². The molecule has 1 aliphatic rings. The number of phenols is 2. The second-order valence-electron chi connectivity index (χ2n) is 33.5. The first-order valence-corrected chi connectivity index (χ1v) is 46.0.